The van der Waals surface area contributed by atoms with Crippen LogP contribution in [0.3, 0.4) is 0 Å². The number of rotatable bonds is 5. The second-order valence-electron chi connectivity index (χ2n) is 6.84. The molecule has 0 aliphatic heterocycles. The Bertz CT molecular complexity index is 1020. The Morgan fingerprint density at radius 3 is 2.26 bits per heavy atom. The molecule has 1 aromatic heterocycles. The summed E-state index contributed by atoms with van der Waals surface area (Å²) in [5.41, 5.74) is 1.98. The van der Waals surface area contributed by atoms with Gasteiger partial charge in [-0.1, -0.05) is 42.5 Å². The molecule has 2 aromatic carbocycles. The third kappa shape index (κ3) is 4.06. The molecule has 0 N–H and O–H groups in total. The number of nitrogens with zero attached hydrogens (tertiary/aromatic N) is 1. The minimum atomic E-state index is -3.21. The fourth-order valence-electron chi connectivity index (χ4n) is 3.29. The molecule has 0 spiro atoms. The molecule has 6 heteroatoms. The van der Waals surface area contributed by atoms with E-state index >= 15 is 0 Å². The molecule has 0 unspecified atom stereocenters. The molecule has 0 saturated heterocycles. The van der Waals surface area contributed by atoms with Crippen LogP contribution in [0.5, 0.6) is 5.88 Å². The van der Waals surface area contributed by atoms with E-state index < -0.39 is 9.84 Å². The fraction of sp³-hybridized carbons (Fsp3) is 0.286. The van der Waals surface area contributed by atoms with Gasteiger partial charge in [0.05, 0.1) is 9.77 Å². The Hall–Kier alpha value is -2.18. The van der Waals surface area contributed by atoms with E-state index in [1.807, 2.05) is 42.5 Å². The number of sulfone groups is 1. The molecule has 0 radical (unpaired) electrons. The summed E-state index contributed by atoms with van der Waals surface area (Å²) in [6.45, 7) is 0. The zero-order valence-corrected chi connectivity index (χ0v) is 16.7. The summed E-state index contributed by atoms with van der Waals surface area (Å²) < 4.78 is 29.7. The fourth-order valence-corrected chi connectivity index (χ4v) is 4.93. The summed E-state index contributed by atoms with van der Waals surface area (Å²) >= 11 is 1.58. The summed E-state index contributed by atoms with van der Waals surface area (Å²) in [7, 11) is -3.21. The molecular formula is C21H21NO3S2. The largest absolute Gasteiger partial charge is 0.473 e. The molecule has 1 saturated carbocycles. The average molecular weight is 400 g/mol. The molecule has 1 aliphatic carbocycles. The average Bonchev–Trinajstić information content (AvgIpc) is 3.32. The maximum Gasteiger partial charge on any atom is 0.233 e. The molecule has 0 bridgehead atoms. The van der Waals surface area contributed by atoms with E-state index in [0.717, 1.165) is 33.9 Å². The Labute approximate surface area is 163 Å². The maximum atomic E-state index is 11.7. The van der Waals surface area contributed by atoms with Crippen LogP contribution in [0.25, 0.3) is 21.0 Å². The second kappa shape index (κ2) is 7.44. The molecule has 27 heavy (non-hydrogen) atoms. The highest BCUT2D eigenvalue weighted by atomic mass is 32.2. The highest BCUT2D eigenvalue weighted by Gasteiger charge is 2.22. The van der Waals surface area contributed by atoms with Crippen LogP contribution < -0.4 is 4.74 Å². The van der Waals surface area contributed by atoms with Crippen LogP contribution in [0.1, 0.15) is 25.7 Å². The predicted octanol–water partition coefficient (Wildman–Crippen LogP) is 5.20. The van der Waals surface area contributed by atoms with Crippen LogP contribution in [-0.4, -0.2) is 25.8 Å². The van der Waals surface area contributed by atoms with Crippen molar-refractivity contribution in [3.8, 4) is 26.9 Å². The summed E-state index contributed by atoms with van der Waals surface area (Å²) in [5.74, 6) is 0.651. The van der Waals surface area contributed by atoms with Gasteiger partial charge < -0.3 is 4.74 Å². The Kier molecular flexibility index (Phi) is 5.02. The van der Waals surface area contributed by atoms with Gasteiger partial charge in [0.25, 0.3) is 0 Å². The maximum absolute atomic E-state index is 11.7. The Balaban J connectivity index is 1.74. The van der Waals surface area contributed by atoms with Gasteiger partial charge in [0, 0.05) is 11.8 Å². The highest BCUT2D eigenvalue weighted by molar-refractivity contribution is 7.90. The summed E-state index contributed by atoms with van der Waals surface area (Å²) in [5, 5.41) is 0.908. The van der Waals surface area contributed by atoms with E-state index in [-0.39, 0.29) is 6.10 Å². The Morgan fingerprint density at radius 1 is 0.963 bits per heavy atom. The van der Waals surface area contributed by atoms with Gasteiger partial charge in [-0.15, -0.1) is 11.3 Å². The third-order valence-electron chi connectivity index (χ3n) is 4.74. The van der Waals surface area contributed by atoms with Crippen molar-refractivity contribution >= 4 is 21.2 Å². The van der Waals surface area contributed by atoms with E-state index in [1.54, 1.807) is 23.5 Å². The van der Waals surface area contributed by atoms with E-state index in [0.29, 0.717) is 10.8 Å². The monoisotopic (exact) mass is 399 g/mol. The van der Waals surface area contributed by atoms with Gasteiger partial charge in [-0.05, 0) is 43.4 Å². The van der Waals surface area contributed by atoms with Gasteiger partial charge in [0.2, 0.25) is 5.88 Å². The quantitative estimate of drug-likeness (QED) is 0.591. The lowest BCUT2D eigenvalue weighted by molar-refractivity contribution is 0.204. The Morgan fingerprint density at radius 2 is 1.63 bits per heavy atom. The lowest BCUT2D eigenvalue weighted by Gasteiger charge is -2.12. The zero-order chi connectivity index (χ0) is 18.9. The molecular weight excluding hydrogens is 378 g/mol. The van der Waals surface area contributed by atoms with E-state index in [1.165, 1.54) is 19.1 Å². The van der Waals surface area contributed by atoms with Crippen LogP contribution in [0.2, 0.25) is 0 Å². The standard InChI is InChI=1S/C21H21NO3S2/c1-27(23,24)18-13-11-15(12-14-18)19-20(25-17-9-5-6-10-17)22-21(26-19)16-7-3-2-4-8-16/h2-4,7-8,11-14,17H,5-6,9-10H2,1H3. The van der Waals surface area contributed by atoms with Gasteiger partial charge in [-0.25, -0.2) is 13.4 Å². The van der Waals surface area contributed by atoms with Crippen LogP contribution in [-0.2, 0) is 9.84 Å². The van der Waals surface area contributed by atoms with Crippen molar-refractivity contribution in [2.45, 2.75) is 36.7 Å². The van der Waals surface area contributed by atoms with Gasteiger partial charge in [-0.2, -0.15) is 0 Å². The molecule has 0 atom stereocenters. The molecule has 1 fully saturated rings. The van der Waals surface area contributed by atoms with Crippen molar-refractivity contribution in [1.29, 1.82) is 0 Å². The molecule has 140 valence electrons. The van der Waals surface area contributed by atoms with Crippen molar-refractivity contribution in [2.75, 3.05) is 6.26 Å². The van der Waals surface area contributed by atoms with Crippen LogP contribution >= 0.6 is 11.3 Å². The minimum Gasteiger partial charge on any atom is -0.473 e. The van der Waals surface area contributed by atoms with Gasteiger partial charge >= 0.3 is 0 Å². The first-order valence-electron chi connectivity index (χ1n) is 9.04. The zero-order valence-electron chi connectivity index (χ0n) is 15.1. The number of ether oxygens (including phenoxy) is 1. The lowest BCUT2D eigenvalue weighted by atomic mass is 10.2. The first-order chi connectivity index (χ1) is 13.0. The summed E-state index contributed by atoms with van der Waals surface area (Å²) in [4.78, 5) is 6.03. The van der Waals surface area contributed by atoms with Crippen molar-refractivity contribution < 1.29 is 13.2 Å². The van der Waals surface area contributed by atoms with Crippen molar-refractivity contribution in [3.63, 3.8) is 0 Å². The smallest absolute Gasteiger partial charge is 0.233 e. The van der Waals surface area contributed by atoms with Gasteiger partial charge in [-0.3, -0.25) is 0 Å². The van der Waals surface area contributed by atoms with Crippen molar-refractivity contribution in [3.05, 3.63) is 54.6 Å². The number of hydrogen-bond donors (Lipinski definition) is 0. The van der Waals surface area contributed by atoms with Gasteiger partial charge in [0.15, 0.2) is 9.84 Å². The summed E-state index contributed by atoms with van der Waals surface area (Å²) in [6, 6.07) is 17.0. The third-order valence-corrected chi connectivity index (χ3v) is 7.01. The number of thiazole rings is 1. The molecule has 1 heterocycles. The molecule has 4 nitrogen and oxygen atoms in total. The second-order valence-corrected chi connectivity index (χ2v) is 9.85. The van der Waals surface area contributed by atoms with E-state index in [9.17, 15) is 8.42 Å². The predicted molar refractivity (Wildman–Crippen MR) is 109 cm³/mol. The lowest BCUT2D eigenvalue weighted by Crippen LogP contribution is -2.11. The van der Waals surface area contributed by atoms with E-state index in [4.69, 9.17) is 9.72 Å². The number of benzene rings is 2. The normalized spacial score (nSPS) is 15.1. The topological polar surface area (TPSA) is 56.3 Å². The first kappa shape index (κ1) is 18.2. The van der Waals surface area contributed by atoms with E-state index in [2.05, 4.69) is 0 Å². The SMILES string of the molecule is CS(=O)(=O)c1ccc(-c2sc(-c3ccccc3)nc2OC2CCCC2)cc1. The number of hydrogen-bond acceptors (Lipinski definition) is 5. The summed E-state index contributed by atoms with van der Waals surface area (Å²) in [6.07, 6.45) is 5.94. The van der Waals surface area contributed by atoms with Crippen molar-refractivity contribution in [2.24, 2.45) is 0 Å². The first-order valence-corrected chi connectivity index (χ1v) is 11.7. The van der Waals surface area contributed by atoms with Crippen LogP contribution in [0.4, 0.5) is 0 Å². The molecule has 0 amide bonds. The molecule has 1 aliphatic rings. The number of aromatic nitrogens is 1. The van der Waals surface area contributed by atoms with Crippen LogP contribution in [0.15, 0.2) is 59.5 Å². The highest BCUT2D eigenvalue weighted by Crippen LogP contribution is 2.41. The molecule has 4 rings (SSSR count). The van der Waals surface area contributed by atoms with Gasteiger partial charge in [0.1, 0.15) is 11.1 Å². The van der Waals surface area contributed by atoms with Crippen LogP contribution in [0, 0.1) is 0 Å². The molecule has 3 aromatic rings. The van der Waals surface area contributed by atoms with Crippen molar-refractivity contribution in [1.82, 2.24) is 4.98 Å². The minimum absolute atomic E-state index is 0.213.